The first-order valence-electron chi connectivity index (χ1n) is 7.79. The summed E-state index contributed by atoms with van der Waals surface area (Å²) in [6, 6.07) is 5.80. The molecule has 1 fully saturated rings. The van der Waals surface area contributed by atoms with Crippen molar-refractivity contribution in [2.45, 2.75) is 32.7 Å². The first kappa shape index (κ1) is 16.5. The number of hydrogen-bond donors (Lipinski definition) is 0. The maximum absolute atomic E-state index is 13.6. The van der Waals surface area contributed by atoms with Crippen molar-refractivity contribution < 1.29 is 14.0 Å². The van der Waals surface area contributed by atoms with Gasteiger partial charge in [0, 0.05) is 26.6 Å². The van der Waals surface area contributed by atoms with E-state index in [1.165, 1.54) is 12.1 Å². The zero-order valence-corrected chi connectivity index (χ0v) is 13.4. The molecule has 120 valence electrons. The average molecular weight is 306 g/mol. The Bertz CT molecular complexity index is 557. The summed E-state index contributed by atoms with van der Waals surface area (Å²) in [5.74, 6) is -0.626. The first-order valence-corrected chi connectivity index (χ1v) is 7.79. The van der Waals surface area contributed by atoms with Crippen LogP contribution >= 0.6 is 0 Å². The van der Waals surface area contributed by atoms with Gasteiger partial charge in [0.2, 0.25) is 11.8 Å². The smallest absolute Gasteiger partial charge is 0.228 e. The molecule has 2 amide bonds. The van der Waals surface area contributed by atoms with Crippen LogP contribution in [0.1, 0.15) is 38.3 Å². The van der Waals surface area contributed by atoms with Gasteiger partial charge in [-0.1, -0.05) is 12.1 Å². The maximum atomic E-state index is 13.6. The number of carbonyl (C=O) groups excluding carboxylic acids is 2. The van der Waals surface area contributed by atoms with Crippen LogP contribution in [0.4, 0.5) is 4.39 Å². The van der Waals surface area contributed by atoms with Crippen molar-refractivity contribution in [3.63, 3.8) is 0 Å². The van der Waals surface area contributed by atoms with E-state index in [1.807, 2.05) is 13.8 Å². The van der Waals surface area contributed by atoms with E-state index in [9.17, 15) is 14.0 Å². The van der Waals surface area contributed by atoms with Crippen molar-refractivity contribution in [3.05, 3.63) is 35.6 Å². The fourth-order valence-corrected chi connectivity index (χ4v) is 3.21. The number of amides is 2. The molecule has 1 aromatic carbocycles. The molecule has 0 bridgehead atoms. The van der Waals surface area contributed by atoms with Crippen molar-refractivity contribution in [3.8, 4) is 0 Å². The molecule has 1 aliphatic rings. The van der Waals surface area contributed by atoms with E-state index < -0.39 is 6.04 Å². The first-order chi connectivity index (χ1) is 10.5. The molecule has 1 saturated heterocycles. The van der Waals surface area contributed by atoms with Crippen molar-refractivity contribution in [2.24, 2.45) is 5.92 Å². The maximum Gasteiger partial charge on any atom is 0.228 e. The van der Waals surface area contributed by atoms with Gasteiger partial charge in [-0.3, -0.25) is 9.59 Å². The molecular weight excluding hydrogens is 283 g/mol. The van der Waals surface area contributed by atoms with Gasteiger partial charge in [-0.05, 0) is 38.0 Å². The van der Waals surface area contributed by atoms with E-state index in [2.05, 4.69) is 0 Å². The third-order valence-corrected chi connectivity index (χ3v) is 4.44. The van der Waals surface area contributed by atoms with Gasteiger partial charge in [0.25, 0.3) is 0 Å². The van der Waals surface area contributed by atoms with Gasteiger partial charge >= 0.3 is 0 Å². The summed E-state index contributed by atoms with van der Waals surface area (Å²) in [7, 11) is 1.69. The van der Waals surface area contributed by atoms with E-state index in [0.29, 0.717) is 31.5 Å². The van der Waals surface area contributed by atoms with E-state index in [4.69, 9.17) is 0 Å². The Kier molecular flexibility index (Phi) is 5.16. The predicted molar refractivity (Wildman–Crippen MR) is 82.6 cm³/mol. The number of rotatable bonds is 4. The molecule has 1 aromatic rings. The minimum absolute atomic E-state index is 0.00198. The fourth-order valence-electron chi connectivity index (χ4n) is 3.21. The van der Waals surface area contributed by atoms with Crippen molar-refractivity contribution in [2.75, 3.05) is 20.1 Å². The summed E-state index contributed by atoms with van der Waals surface area (Å²) < 4.78 is 13.6. The highest BCUT2D eigenvalue weighted by atomic mass is 19.1. The van der Waals surface area contributed by atoms with Gasteiger partial charge in [0.1, 0.15) is 5.82 Å². The zero-order chi connectivity index (χ0) is 16.3. The van der Waals surface area contributed by atoms with Crippen LogP contribution in [0.25, 0.3) is 0 Å². The molecule has 5 heteroatoms. The minimum Gasteiger partial charge on any atom is -0.343 e. The Hall–Kier alpha value is -1.91. The summed E-state index contributed by atoms with van der Waals surface area (Å²) in [5, 5.41) is 0. The van der Waals surface area contributed by atoms with Crippen LogP contribution in [-0.2, 0) is 9.59 Å². The topological polar surface area (TPSA) is 40.6 Å². The number of benzene rings is 1. The second-order valence-corrected chi connectivity index (χ2v) is 5.66. The molecule has 1 heterocycles. The lowest BCUT2D eigenvalue weighted by Gasteiger charge is -2.40. The van der Waals surface area contributed by atoms with Crippen LogP contribution in [-0.4, -0.2) is 41.8 Å². The third kappa shape index (κ3) is 3.13. The second kappa shape index (κ2) is 6.90. The number of halogens is 1. The standard InChI is InChI=1S/C17H23FN2O2/c1-4-20(5-2)17(22)14-9-10-15(21)19(3)16(14)12-7-6-8-13(18)11-12/h6-8,11,14,16H,4-5,9-10H2,1-3H3/t14-,16-/m0/s1. The van der Waals surface area contributed by atoms with Gasteiger partial charge in [0.15, 0.2) is 0 Å². The van der Waals surface area contributed by atoms with Crippen molar-refractivity contribution >= 4 is 11.8 Å². The highest BCUT2D eigenvalue weighted by Gasteiger charge is 2.40. The van der Waals surface area contributed by atoms with E-state index in [1.54, 1.807) is 29.0 Å². The minimum atomic E-state index is -0.398. The summed E-state index contributed by atoms with van der Waals surface area (Å²) in [5.41, 5.74) is 0.682. The number of carbonyl (C=O) groups is 2. The van der Waals surface area contributed by atoms with E-state index >= 15 is 0 Å². The Morgan fingerprint density at radius 2 is 2.05 bits per heavy atom. The Balaban J connectivity index is 2.38. The van der Waals surface area contributed by atoms with Crippen LogP contribution in [0, 0.1) is 11.7 Å². The highest BCUT2D eigenvalue weighted by Crippen LogP contribution is 2.37. The monoisotopic (exact) mass is 306 g/mol. The number of likely N-dealkylation sites (tertiary alicyclic amines) is 1. The summed E-state index contributed by atoms with van der Waals surface area (Å²) >= 11 is 0. The molecule has 0 aliphatic carbocycles. The normalized spacial score (nSPS) is 21.8. The SMILES string of the molecule is CCN(CC)C(=O)[C@H]1CCC(=O)N(C)[C@H]1c1cccc(F)c1. The van der Waals surface area contributed by atoms with E-state index in [-0.39, 0.29) is 23.5 Å². The molecule has 0 aromatic heterocycles. The van der Waals surface area contributed by atoms with Crippen LogP contribution in [0.15, 0.2) is 24.3 Å². The largest absolute Gasteiger partial charge is 0.343 e. The van der Waals surface area contributed by atoms with Gasteiger partial charge in [-0.15, -0.1) is 0 Å². The number of piperidine rings is 1. The molecule has 1 aliphatic heterocycles. The Morgan fingerprint density at radius 3 is 2.64 bits per heavy atom. The van der Waals surface area contributed by atoms with Gasteiger partial charge < -0.3 is 9.80 Å². The molecule has 2 atom stereocenters. The zero-order valence-electron chi connectivity index (χ0n) is 13.4. The lowest BCUT2D eigenvalue weighted by molar-refractivity contribution is -0.146. The van der Waals surface area contributed by atoms with Gasteiger partial charge in [-0.2, -0.15) is 0 Å². The summed E-state index contributed by atoms with van der Waals surface area (Å²) in [6.45, 7) is 5.16. The molecule has 0 unspecified atom stereocenters. The molecule has 0 radical (unpaired) electrons. The van der Waals surface area contributed by atoms with Crippen LogP contribution in [0.2, 0.25) is 0 Å². The summed E-state index contributed by atoms with van der Waals surface area (Å²) in [6.07, 6.45) is 0.875. The second-order valence-electron chi connectivity index (χ2n) is 5.66. The molecule has 2 rings (SSSR count). The molecular formula is C17H23FN2O2. The molecule has 0 saturated carbocycles. The highest BCUT2D eigenvalue weighted by molar-refractivity contribution is 5.85. The van der Waals surface area contributed by atoms with Crippen LogP contribution < -0.4 is 0 Å². The Morgan fingerprint density at radius 1 is 1.36 bits per heavy atom. The molecule has 4 nitrogen and oxygen atoms in total. The average Bonchev–Trinajstić information content (AvgIpc) is 2.50. The fraction of sp³-hybridized carbons (Fsp3) is 0.529. The third-order valence-electron chi connectivity index (χ3n) is 4.44. The quantitative estimate of drug-likeness (QED) is 0.858. The van der Waals surface area contributed by atoms with Gasteiger partial charge in [-0.25, -0.2) is 4.39 Å². The van der Waals surface area contributed by atoms with Gasteiger partial charge in [0.05, 0.1) is 12.0 Å². The van der Waals surface area contributed by atoms with Crippen molar-refractivity contribution in [1.29, 1.82) is 0 Å². The molecule has 22 heavy (non-hydrogen) atoms. The number of nitrogens with zero attached hydrogens (tertiary/aromatic N) is 2. The molecule has 0 N–H and O–H groups in total. The van der Waals surface area contributed by atoms with Crippen LogP contribution in [0.5, 0.6) is 0 Å². The lowest BCUT2D eigenvalue weighted by atomic mass is 9.83. The molecule has 0 spiro atoms. The Labute approximate surface area is 130 Å². The summed E-state index contributed by atoms with van der Waals surface area (Å²) in [4.78, 5) is 28.2. The van der Waals surface area contributed by atoms with Crippen molar-refractivity contribution in [1.82, 2.24) is 9.80 Å². The van der Waals surface area contributed by atoms with Crippen LogP contribution in [0.3, 0.4) is 0 Å². The predicted octanol–water partition coefficient (Wildman–Crippen LogP) is 2.60. The number of hydrogen-bond acceptors (Lipinski definition) is 2. The van der Waals surface area contributed by atoms with E-state index in [0.717, 1.165) is 0 Å². The lowest BCUT2D eigenvalue weighted by Crippen LogP contribution is -2.47.